The van der Waals surface area contributed by atoms with E-state index in [1.165, 1.54) is 0 Å². The van der Waals surface area contributed by atoms with E-state index in [1.807, 2.05) is 22.7 Å². The number of nitrogens with two attached hydrogens (primary N) is 1. The van der Waals surface area contributed by atoms with Crippen LogP contribution in [0.25, 0.3) is 5.52 Å². The zero-order valence-corrected chi connectivity index (χ0v) is 10.6. The molecule has 0 unspecified atom stereocenters. The zero-order valence-electron chi connectivity index (χ0n) is 10.6. The Bertz CT molecular complexity index is 612. The Hall–Kier alpha value is -1.88. The highest BCUT2D eigenvalue weighted by Gasteiger charge is 2.26. The third-order valence-corrected chi connectivity index (χ3v) is 3.92. The van der Waals surface area contributed by atoms with E-state index in [1.54, 1.807) is 6.07 Å². The van der Waals surface area contributed by atoms with E-state index < -0.39 is 5.97 Å². The van der Waals surface area contributed by atoms with Gasteiger partial charge in [-0.15, -0.1) is 0 Å². The van der Waals surface area contributed by atoms with Crippen molar-refractivity contribution in [1.29, 1.82) is 0 Å². The number of carboxylic acid groups (broad SMARTS) is 1. The van der Waals surface area contributed by atoms with E-state index in [0.717, 1.165) is 31.5 Å². The molecule has 1 fully saturated rings. The number of nitrogens with zero attached hydrogens (tertiary/aromatic N) is 2. The third-order valence-electron chi connectivity index (χ3n) is 3.92. The Balaban J connectivity index is 2.06. The molecule has 5 heteroatoms. The van der Waals surface area contributed by atoms with Crippen LogP contribution in [0.3, 0.4) is 0 Å². The highest BCUT2D eigenvalue weighted by Crippen LogP contribution is 2.32. The first-order valence-electron chi connectivity index (χ1n) is 6.62. The molecule has 2 aromatic heterocycles. The van der Waals surface area contributed by atoms with Gasteiger partial charge in [0.15, 0.2) is 5.69 Å². The standard InChI is InChI=1S/C14H17N3O2/c15-10-6-4-9(5-7-10)13-16-12(14(18)19)11-3-1-2-8-17(11)13/h1-3,8-10H,4-7,15H2,(H,18,19). The van der Waals surface area contributed by atoms with Gasteiger partial charge in [0, 0.05) is 18.2 Å². The molecular formula is C14H17N3O2. The fraction of sp³-hybridized carbons (Fsp3) is 0.429. The molecule has 100 valence electrons. The summed E-state index contributed by atoms with van der Waals surface area (Å²) in [4.78, 5) is 15.6. The lowest BCUT2D eigenvalue weighted by Gasteiger charge is -2.25. The average molecular weight is 259 g/mol. The van der Waals surface area contributed by atoms with Crippen LogP contribution in [0.1, 0.15) is 47.9 Å². The summed E-state index contributed by atoms with van der Waals surface area (Å²) in [6.07, 6.45) is 5.81. The van der Waals surface area contributed by atoms with Gasteiger partial charge in [0.05, 0.1) is 5.52 Å². The summed E-state index contributed by atoms with van der Waals surface area (Å²) >= 11 is 0. The molecule has 2 heterocycles. The molecule has 3 rings (SSSR count). The van der Waals surface area contributed by atoms with Crippen LogP contribution in [0, 0.1) is 0 Å². The Labute approximate surface area is 111 Å². The van der Waals surface area contributed by atoms with Crippen molar-refractivity contribution in [3.63, 3.8) is 0 Å². The SMILES string of the molecule is NC1CCC(c2nc(C(=O)O)c3ccccn23)CC1. The molecule has 0 radical (unpaired) electrons. The highest BCUT2D eigenvalue weighted by atomic mass is 16.4. The lowest BCUT2D eigenvalue weighted by molar-refractivity contribution is 0.0693. The summed E-state index contributed by atoms with van der Waals surface area (Å²) in [5.74, 6) is 0.199. The summed E-state index contributed by atoms with van der Waals surface area (Å²) < 4.78 is 1.91. The maximum Gasteiger partial charge on any atom is 0.356 e. The van der Waals surface area contributed by atoms with Crippen LogP contribution in [0.5, 0.6) is 0 Å². The topological polar surface area (TPSA) is 80.6 Å². The van der Waals surface area contributed by atoms with Gasteiger partial charge in [-0.1, -0.05) is 6.07 Å². The molecule has 0 aliphatic heterocycles. The summed E-state index contributed by atoms with van der Waals surface area (Å²) in [5, 5.41) is 9.24. The van der Waals surface area contributed by atoms with Crippen molar-refractivity contribution in [3.05, 3.63) is 35.9 Å². The van der Waals surface area contributed by atoms with E-state index in [-0.39, 0.29) is 11.7 Å². The minimum Gasteiger partial charge on any atom is -0.476 e. The molecule has 0 saturated heterocycles. The van der Waals surface area contributed by atoms with Crippen molar-refractivity contribution >= 4 is 11.5 Å². The highest BCUT2D eigenvalue weighted by molar-refractivity contribution is 5.93. The molecular weight excluding hydrogens is 242 g/mol. The predicted octanol–water partition coefficient (Wildman–Crippen LogP) is 2.02. The van der Waals surface area contributed by atoms with E-state index in [9.17, 15) is 9.90 Å². The van der Waals surface area contributed by atoms with Crippen LogP contribution in [-0.4, -0.2) is 26.5 Å². The third kappa shape index (κ3) is 2.10. The van der Waals surface area contributed by atoms with Crippen LogP contribution < -0.4 is 5.73 Å². The largest absolute Gasteiger partial charge is 0.476 e. The first-order valence-corrected chi connectivity index (χ1v) is 6.62. The smallest absolute Gasteiger partial charge is 0.356 e. The van der Waals surface area contributed by atoms with Crippen molar-refractivity contribution in [3.8, 4) is 0 Å². The van der Waals surface area contributed by atoms with E-state index in [4.69, 9.17) is 5.73 Å². The number of pyridine rings is 1. The van der Waals surface area contributed by atoms with Crippen LogP contribution in [0.2, 0.25) is 0 Å². The molecule has 1 saturated carbocycles. The summed E-state index contributed by atoms with van der Waals surface area (Å²) in [6.45, 7) is 0. The lowest BCUT2D eigenvalue weighted by Crippen LogP contribution is -2.26. The van der Waals surface area contributed by atoms with Gasteiger partial charge in [0.25, 0.3) is 0 Å². The van der Waals surface area contributed by atoms with Gasteiger partial charge in [-0.2, -0.15) is 0 Å². The van der Waals surface area contributed by atoms with Gasteiger partial charge in [0.1, 0.15) is 5.82 Å². The summed E-state index contributed by atoms with van der Waals surface area (Å²) in [6, 6.07) is 5.82. The number of fused-ring (bicyclic) bond motifs is 1. The molecule has 0 bridgehead atoms. The second-order valence-corrected chi connectivity index (χ2v) is 5.19. The van der Waals surface area contributed by atoms with Gasteiger partial charge in [-0.3, -0.25) is 0 Å². The molecule has 0 spiro atoms. The summed E-state index contributed by atoms with van der Waals surface area (Å²) in [7, 11) is 0. The number of rotatable bonds is 2. The van der Waals surface area contributed by atoms with Gasteiger partial charge in [-0.25, -0.2) is 9.78 Å². The van der Waals surface area contributed by atoms with Crippen molar-refractivity contribution in [1.82, 2.24) is 9.38 Å². The Morgan fingerprint density at radius 1 is 1.32 bits per heavy atom. The van der Waals surface area contributed by atoms with Crippen molar-refractivity contribution in [2.75, 3.05) is 0 Å². The number of carboxylic acids is 1. The van der Waals surface area contributed by atoms with Crippen LogP contribution in [0.15, 0.2) is 24.4 Å². The molecule has 2 aromatic rings. The van der Waals surface area contributed by atoms with Crippen LogP contribution in [-0.2, 0) is 0 Å². The first-order chi connectivity index (χ1) is 9.16. The molecule has 0 atom stereocenters. The Morgan fingerprint density at radius 3 is 2.74 bits per heavy atom. The van der Waals surface area contributed by atoms with Gasteiger partial charge in [0.2, 0.25) is 0 Å². The van der Waals surface area contributed by atoms with E-state index in [0.29, 0.717) is 11.4 Å². The predicted molar refractivity (Wildman–Crippen MR) is 71.3 cm³/mol. The first kappa shape index (κ1) is 12.2. The fourth-order valence-corrected chi connectivity index (χ4v) is 2.88. The van der Waals surface area contributed by atoms with Crippen LogP contribution in [0.4, 0.5) is 0 Å². The Morgan fingerprint density at radius 2 is 2.05 bits per heavy atom. The van der Waals surface area contributed by atoms with Crippen molar-refractivity contribution in [2.45, 2.75) is 37.6 Å². The zero-order chi connectivity index (χ0) is 13.4. The number of aromatic carboxylic acids is 1. The Kier molecular flexibility index (Phi) is 2.98. The number of imidazole rings is 1. The monoisotopic (exact) mass is 259 g/mol. The van der Waals surface area contributed by atoms with Crippen molar-refractivity contribution in [2.24, 2.45) is 5.73 Å². The van der Waals surface area contributed by atoms with E-state index >= 15 is 0 Å². The molecule has 1 aliphatic rings. The number of carbonyl (C=O) groups is 1. The molecule has 0 amide bonds. The second kappa shape index (κ2) is 4.66. The fourth-order valence-electron chi connectivity index (χ4n) is 2.88. The van der Waals surface area contributed by atoms with Crippen LogP contribution >= 0.6 is 0 Å². The lowest BCUT2D eigenvalue weighted by atomic mass is 9.86. The number of hydrogen-bond donors (Lipinski definition) is 2. The molecule has 0 aromatic carbocycles. The molecule has 19 heavy (non-hydrogen) atoms. The van der Waals surface area contributed by atoms with Gasteiger partial charge >= 0.3 is 5.97 Å². The number of aromatic nitrogens is 2. The quantitative estimate of drug-likeness (QED) is 0.864. The number of hydrogen-bond acceptors (Lipinski definition) is 3. The second-order valence-electron chi connectivity index (χ2n) is 5.19. The van der Waals surface area contributed by atoms with Gasteiger partial charge in [-0.05, 0) is 37.8 Å². The minimum absolute atomic E-state index is 0.144. The molecule has 3 N–H and O–H groups in total. The molecule has 1 aliphatic carbocycles. The minimum atomic E-state index is -0.970. The van der Waals surface area contributed by atoms with E-state index in [2.05, 4.69) is 4.98 Å². The molecule has 5 nitrogen and oxygen atoms in total. The maximum absolute atomic E-state index is 11.3. The van der Waals surface area contributed by atoms with Gasteiger partial charge < -0.3 is 15.2 Å². The summed E-state index contributed by atoms with van der Waals surface area (Å²) in [5.41, 5.74) is 6.73. The average Bonchev–Trinajstić information content (AvgIpc) is 2.79. The normalized spacial score (nSPS) is 23.6. The van der Waals surface area contributed by atoms with Crippen molar-refractivity contribution < 1.29 is 9.90 Å². The maximum atomic E-state index is 11.3.